The van der Waals surface area contributed by atoms with Crippen LogP contribution in [0.5, 0.6) is 0 Å². The normalized spacial score (nSPS) is 11.7. The van der Waals surface area contributed by atoms with Gasteiger partial charge in [0.25, 0.3) is 0 Å². The molecule has 2 N–H and O–H groups in total. The van der Waals surface area contributed by atoms with Crippen LogP contribution in [0.4, 0.5) is 5.69 Å². The fourth-order valence-electron chi connectivity index (χ4n) is 1.71. The van der Waals surface area contributed by atoms with Crippen LogP contribution in [0.3, 0.4) is 0 Å². The Balaban J connectivity index is 2.35. The smallest absolute Gasteiger partial charge is 0.180 e. The molecule has 0 heterocycles. The maximum atomic E-state index is 12.2. The van der Waals surface area contributed by atoms with Crippen LogP contribution in [0.2, 0.25) is 0 Å². The van der Waals surface area contributed by atoms with Crippen molar-refractivity contribution in [1.29, 1.82) is 0 Å². The number of ether oxygens (including phenoxy) is 3. The van der Waals surface area contributed by atoms with Crippen molar-refractivity contribution in [3.8, 4) is 0 Å². The van der Waals surface area contributed by atoms with Crippen molar-refractivity contribution >= 4 is 15.5 Å². The Morgan fingerprint density at radius 2 is 1.67 bits per heavy atom. The summed E-state index contributed by atoms with van der Waals surface area (Å²) in [5, 5.41) is 0. The molecular formula is C14H23NO5S. The highest BCUT2D eigenvalue weighted by molar-refractivity contribution is 7.91. The molecule has 0 radical (unpaired) electrons. The lowest BCUT2D eigenvalue weighted by atomic mass is 10.2. The van der Waals surface area contributed by atoms with Crippen molar-refractivity contribution < 1.29 is 22.6 Å². The molecular weight excluding hydrogens is 294 g/mol. The van der Waals surface area contributed by atoms with Gasteiger partial charge in [0.2, 0.25) is 0 Å². The fraction of sp³-hybridized carbons (Fsp3) is 0.571. The van der Waals surface area contributed by atoms with Gasteiger partial charge in [-0.25, -0.2) is 8.42 Å². The molecule has 0 fully saturated rings. The molecule has 0 unspecified atom stereocenters. The third-order valence-electron chi connectivity index (χ3n) is 2.96. The van der Waals surface area contributed by atoms with Crippen molar-refractivity contribution in [2.75, 3.05) is 51.6 Å². The number of anilines is 1. The van der Waals surface area contributed by atoms with E-state index >= 15 is 0 Å². The standard InChI is InChI=1S/C14H23NO5S/c1-12-13(15)4-3-5-14(12)21(16,17)11-10-20-9-8-19-7-6-18-2/h3-5H,6-11,15H2,1-2H3. The van der Waals surface area contributed by atoms with Crippen molar-refractivity contribution in [3.05, 3.63) is 23.8 Å². The first-order valence-corrected chi connectivity index (χ1v) is 8.36. The number of hydrogen-bond donors (Lipinski definition) is 1. The van der Waals surface area contributed by atoms with Crippen LogP contribution in [-0.4, -0.2) is 54.3 Å². The van der Waals surface area contributed by atoms with E-state index in [0.29, 0.717) is 37.7 Å². The average molecular weight is 317 g/mol. The third-order valence-corrected chi connectivity index (χ3v) is 4.78. The van der Waals surface area contributed by atoms with Gasteiger partial charge in [-0.1, -0.05) is 6.07 Å². The van der Waals surface area contributed by atoms with E-state index in [4.69, 9.17) is 19.9 Å². The minimum absolute atomic E-state index is 0.0740. The zero-order valence-electron chi connectivity index (χ0n) is 12.5. The second-order valence-corrected chi connectivity index (χ2v) is 6.58. The SMILES string of the molecule is COCCOCCOCCS(=O)(=O)c1cccc(N)c1C. The lowest BCUT2D eigenvalue weighted by Crippen LogP contribution is -2.16. The van der Waals surface area contributed by atoms with Crippen LogP contribution in [-0.2, 0) is 24.0 Å². The Bertz CT molecular complexity index is 530. The molecule has 1 rings (SSSR count). The zero-order chi connectivity index (χ0) is 15.7. The van der Waals surface area contributed by atoms with Gasteiger partial charge in [-0.05, 0) is 24.6 Å². The predicted molar refractivity (Wildman–Crippen MR) is 81.2 cm³/mol. The number of rotatable bonds is 10. The molecule has 0 aliphatic heterocycles. The molecule has 0 spiro atoms. The molecule has 0 saturated carbocycles. The van der Waals surface area contributed by atoms with Crippen LogP contribution in [0.25, 0.3) is 0 Å². The summed E-state index contributed by atoms with van der Waals surface area (Å²) in [5.74, 6) is -0.0740. The van der Waals surface area contributed by atoms with Gasteiger partial charge in [0.1, 0.15) is 0 Å². The van der Waals surface area contributed by atoms with Crippen LogP contribution < -0.4 is 5.73 Å². The summed E-state index contributed by atoms with van der Waals surface area (Å²) in [4.78, 5) is 0.266. The molecule has 0 amide bonds. The van der Waals surface area contributed by atoms with Crippen molar-refractivity contribution in [2.45, 2.75) is 11.8 Å². The summed E-state index contributed by atoms with van der Waals surface area (Å²) in [6.07, 6.45) is 0. The molecule has 7 heteroatoms. The molecule has 0 atom stereocenters. The van der Waals surface area contributed by atoms with E-state index in [2.05, 4.69) is 0 Å². The van der Waals surface area contributed by atoms with Gasteiger partial charge < -0.3 is 19.9 Å². The van der Waals surface area contributed by atoms with Crippen molar-refractivity contribution in [3.63, 3.8) is 0 Å². The Hall–Kier alpha value is -1.15. The lowest BCUT2D eigenvalue weighted by molar-refractivity contribution is 0.0284. The van der Waals surface area contributed by atoms with Crippen LogP contribution >= 0.6 is 0 Å². The van der Waals surface area contributed by atoms with Crippen LogP contribution in [0.15, 0.2) is 23.1 Å². The minimum Gasteiger partial charge on any atom is -0.398 e. The first-order valence-electron chi connectivity index (χ1n) is 6.71. The summed E-state index contributed by atoms with van der Waals surface area (Å²) in [5.41, 5.74) is 6.79. The highest BCUT2D eigenvalue weighted by Crippen LogP contribution is 2.21. The molecule has 6 nitrogen and oxygen atoms in total. The highest BCUT2D eigenvalue weighted by atomic mass is 32.2. The predicted octanol–water partition coefficient (Wildman–Crippen LogP) is 1.03. The Morgan fingerprint density at radius 3 is 2.33 bits per heavy atom. The second kappa shape index (κ2) is 8.99. The number of sulfone groups is 1. The van der Waals surface area contributed by atoms with E-state index in [1.54, 1.807) is 32.2 Å². The lowest BCUT2D eigenvalue weighted by Gasteiger charge is -2.10. The number of nitrogen functional groups attached to an aromatic ring is 1. The minimum atomic E-state index is -3.38. The maximum Gasteiger partial charge on any atom is 0.180 e. The summed E-state index contributed by atoms with van der Waals surface area (Å²) in [6.45, 7) is 3.64. The largest absolute Gasteiger partial charge is 0.398 e. The van der Waals surface area contributed by atoms with Gasteiger partial charge in [0, 0.05) is 12.8 Å². The molecule has 0 aromatic heterocycles. The fourth-order valence-corrected chi connectivity index (χ4v) is 3.14. The highest BCUT2D eigenvalue weighted by Gasteiger charge is 2.17. The van der Waals surface area contributed by atoms with E-state index in [9.17, 15) is 8.42 Å². The Kier molecular flexibility index (Phi) is 7.66. The Morgan fingerprint density at radius 1 is 1.05 bits per heavy atom. The maximum absolute atomic E-state index is 12.2. The first-order chi connectivity index (χ1) is 9.99. The average Bonchev–Trinajstić information content (AvgIpc) is 2.44. The van der Waals surface area contributed by atoms with Gasteiger partial charge in [-0.3, -0.25) is 0 Å². The van der Waals surface area contributed by atoms with Crippen molar-refractivity contribution in [1.82, 2.24) is 0 Å². The summed E-state index contributed by atoms with van der Waals surface area (Å²) >= 11 is 0. The first kappa shape index (κ1) is 17.9. The summed E-state index contributed by atoms with van der Waals surface area (Å²) in [7, 11) is -1.78. The number of benzene rings is 1. The molecule has 1 aromatic rings. The van der Waals surface area contributed by atoms with Gasteiger partial charge in [-0.15, -0.1) is 0 Å². The molecule has 120 valence electrons. The number of nitrogens with two attached hydrogens (primary N) is 1. The molecule has 0 aliphatic rings. The van der Waals surface area contributed by atoms with E-state index in [1.807, 2.05) is 0 Å². The topological polar surface area (TPSA) is 87.9 Å². The van der Waals surface area contributed by atoms with E-state index in [-0.39, 0.29) is 17.3 Å². The van der Waals surface area contributed by atoms with Gasteiger partial charge in [0.05, 0.1) is 43.7 Å². The van der Waals surface area contributed by atoms with E-state index in [0.717, 1.165) is 0 Å². The molecule has 0 aliphatic carbocycles. The van der Waals surface area contributed by atoms with E-state index in [1.165, 1.54) is 0 Å². The summed E-state index contributed by atoms with van der Waals surface area (Å²) < 4.78 is 39.7. The van der Waals surface area contributed by atoms with Gasteiger partial charge in [-0.2, -0.15) is 0 Å². The molecule has 0 bridgehead atoms. The Labute approximate surface area is 126 Å². The van der Waals surface area contributed by atoms with Crippen molar-refractivity contribution in [2.24, 2.45) is 0 Å². The molecule has 0 saturated heterocycles. The third kappa shape index (κ3) is 6.01. The number of hydrogen-bond acceptors (Lipinski definition) is 6. The van der Waals surface area contributed by atoms with Crippen LogP contribution in [0.1, 0.15) is 5.56 Å². The van der Waals surface area contributed by atoms with Crippen LogP contribution in [0, 0.1) is 6.92 Å². The molecule has 1 aromatic carbocycles. The zero-order valence-corrected chi connectivity index (χ0v) is 13.3. The molecule has 21 heavy (non-hydrogen) atoms. The number of methoxy groups -OCH3 is 1. The quantitative estimate of drug-likeness (QED) is 0.512. The second-order valence-electron chi connectivity index (χ2n) is 4.51. The van der Waals surface area contributed by atoms with Gasteiger partial charge in [0.15, 0.2) is 9.84 Å². The van der Waals surface area contributed by atoms with E-state index < -0.39 is 9.84 Å². The summed E-state index contributed by atoms with van der Waals surface area (Å²) in [6, 6.07) is 4.89. The monoisotopic (exact) mass is 317 g/mol. The van der Waals surface area contributed by atoms with Gasteiger partial charge >= 0.3 is 0 Å².